The molecule has 0 aliphatic heterocycles. The number of carboxylic acids is 1. The fraction of sp³-hybridized carbons (Fsp3) is 0.167. The van der Waals surface area contributed by atoms with E-state index in [-0.39, 0.29) is 13.1 Å². The highest BCUT2D eigenvalue weighted by Gasteiger charge is 2.16. The van der Waals surface area contributed by atoms with Gasteiger partial charge in [0.2, 0.25) is 0 Å². The van der Waals surface area contributed by atoms with E-state index in [1.807, 2.05) is 12.1 Å². The van der Waals surface area contributed by atoms with Crippen LogP contribution in [0.15, 0.2) is 35.3 Å². The molecular weight excluding hydrogens is 427 g/mol. The molecule has 0 saturated heterocycles. The number of aliphatic carboxylic acids is 1. The quantitative estimate of drug-likeness (QED) is 0.548. The number of nitrogens with zero attached hydrogens (tertiary/aromatic N) is 1. The summed E-state index contributed by atoms with van der Waals surface area (Å²) in [7, 11) is 0. The molecule has 0 atom stereocenters. The van der Waals surface area contributed by atoms with E-state index in [9.17, 15) is 9.59 Å². The van der Waals surface area contributed by atoms with Gasteiger partial charge in [0.15, 0.2) is 0 Å². The number of anilines is 1. The Morgan fingerprint density at radius 1 is 1.53 bits per heavy atom. The number of nitrogens with one attached hydrogen (secondary N) is 1. The Morgan fingerprint density at radius 2 is 2.21 bits per heavy atom. The Kier molecular flexibility index (Phi) is 6.29. The summed E-state index contributed by atoms with van der Waals surface area (Å²) in [6, 6.07) is 4.96. The van der Waals surface area contributed by atoms with Crippen molar-refractivity contribution in [3.63, 3.8) is 0 Å². The molecule has 1 aromatic rings. The number of urea groups is 1. The molecule has 7 heteroatoms. The normalized spacial score (nSPS) is 9.79. The number of carbonyl (C=O) groups excluding carboxylic acids is 1. The Balaban J connectivity index is 2.80. The zero-order chi connectivity index (χ0) is 14.4. The van der Waals surface area contributed by atoms with Crippen molar-refractivity contribution in [3.05, 3.63) is 38.9 Å². The number of amides is 2. The predicted molar refractivity (Wildman–Crippen MR) is 85.3 cm³/mol. The highest BCUT2D eigenvalue weighted by Crippen LogP contribution is 2.24. The number of benzene rings is 1. The van der Waals surface area contributed by atoms with Crippen LogP contribution in [-0.4, -0.2) is 35.1 Å². The minimum atomic E-state index is -1.07. The second kappa shape index (κ2) is 7.49. The summed E-state index contributed by atoms with van der Waals surface area (Å²) in [5.74, 6) is -1.07. The summed E-state index contributed by atoms with van der Waals surface area (Å²) >= 11 is 5.49. The molecule has 0 aliphatic carbocycles. The Labute approximate surface area is 132 Å². The third-order valence-corrected chi connectivity index (χ3v) is 3.46. The molecule has 102 valence electrons. The number of carbonyl (C=O) groups is 2. The van der Waals surface area contributed by atoms with Crippen LogP contribution in [0.4, 0.5) is 10.5 Å². The molecule has 2 amide bonds. The molecular formula is C12H12BrIN2O3. The van der Waals surface area contributed by atoms with Crippen LogP contribution in [0.25, 0.3) is 0 Å². The third kappa shape index (κ3) is 5.19. The first kappa shape index (κ1) is 16.0. The Morgan fingerprint density at radius 3 is 2.74 bits per heavy atom. The SMILES string of the molecule is C=CCN(CC(=O)O)C(=O)Nc1ccc(I)cc1Br. The molecule has 0 heterocycles. The fourth-order valence-electron chi connectivity index (χ4n) is 1.32. The zero-order valence-electron chi connectivity index (χ0n) is 9.90. The van der Waals surface area contributed by atoms with Crippen molar-refractivity contribution in [1.82, 2.24) is 4.90 Å². The summed E-state index contributed by atoms with van der Waals surface area (Å²) in [6.45, 7) is 3.29. The molecule has 1 rings (SSSR count). The summed E-state index contributed by atoms with van der Waals surface area (Å²) in [4.78, 5) is 23.8. The van der Waals surface area contributed by atoms with E-state index in [4.69, 9.17) is 5.11 Å². The minimum absolute atomic E-state index is 0.167. The average molecular weight is 439 g/mol. The van der Waals surface area contributed by atoms with Crippen LogP contribution in [0.5, 0.6) is 0 Å². The lowest BCUT2D eigenvalue weighted by atomic mass is 10.3. The lowest BCUT2D eigenvalue weighted by molar-refractivity contribution is -0.137. The number of hydrogen-bond donors (Lipinski definition) is 2. The van der Waals surface area contributed by atoms with Gasteiger partial charge in [0.25, 0.3) is 0 Å². The molecule has 0 aliphatic rings. The van der Waals surface area contributed by atoms with Gasteiger partial charge in [-0.15, -0.1) is 6.58 Å². The smallest absolute Gasteiger partial charge is 0.323 e. The minimum Gasteiger partial charge on any atom is -0.480 e. The molecule has 0 spiro atoms. The van der Waals surface area contributed by atoms with Crippen molar-refractivity contribution in [1.29, 1.82) is 0 Å². The molecule has 0 fully saturated rings. The van der Waals surface area contributed by atoms with E-state index in [0.29, 0.717) is 5.69 Å². The van der Waals surface area contributed by atoms with Crippen LogP contribution < -0.4 is 5.32 Å². The van der Waals surface area contributed by atoms with Crippen LogP contribution >= 0.6 is 38.5 Å². The first-order valence-electron chi connectivity index (χ1n) is 5.27. The van der Waals surface area contributed by atoms with E-state index in [2.05, 4.69) is 50.4 Å². The van der Waals surface area contributed by atoms with Crippen molar-refractivity contribution >= 4 is 56.2 Å². The highest BCUT2D eigenvalue weighted by atomic mass is 127. The van der Waals surface area contributed by atoms with Crippen LogP contribution in [0.2, 0.25) is 0 Å². The van der Waals surface area contributed by atoms with Crippen molar-refractivity contribution in [2.75, 3.05) is 18.4 Å². The van der Waals surface area contributed by atoms with Gasteiger partial charge in [-0.05, 0) is 56.7 Å². The molecule has 0 radical (unpaired) electrons. The van der Waals surface area contributed by atoms with Gasteiger partial charge in [-0.25, -0.2) is 4.79 Å². The van der Waals surface area contributed by atoms with E-state index < -0.39 is 12.0 Å². The van der Waals surface area contributed by atoms with E-state index in [1.165, 1.54) is 6.08 Å². The van der Waals surface area contributed by atoms with Crippen LogP contribution in [0, 0.1) is 3.57 Å². The van der Waals surface area contributed by atoms with Gasteiger partial charge < -0.3 is 15.3 Å². The lowest BCUT2D eigenvalue weighted by Gasteiger charge is -2.20. The predicted octanol–water partition coefficient (Wildman–Crippen LogP) is 3.16. The molecule has 0 unspecified atom stereocenters. The van der Waals surface area contributed by atoms with E-state index >= 15 is 0 Å². The molecule has 0 saturated carbocycles. The van der Waals surface area contributed by atoms with Crippen molar-refractivity contribution in [2.45, 2.75) is 0 Å². The molecule has 19 heavy (non-hydrogen) atoms. The van der Waals surface area contributed by atoms with Gasteiger partial charge in [0.05, 0.1) is 5.69 Å². The number of rotatable bonds is 5. The maximum absolute atomic E-state index is 12.0. The first-order chi connectivity index (χ1) is 8.93. The van der Waals surface area contributed by atoms with Crippen LogP contribution in [0.3, 0.4) is 0 Å². The number of halogens is 2. The number of hydrogen-bond acceptors (Lipinski definition) is 2. The van der Waals surface area contributed by atoms with Crippen LogP contribution in [0.1, 0.15) is 0 Å². The second-order valence-corrected chi connectivity index (χ2v) is 5.72. The topological polar surface area (TPSA) is 69.6 Å². The molecule has 1 aromatic carbocycles. The van der Waals surface area contributed by atoms with E-state index in [1.54, 1.807) is 6.07 Å². The van der Waals surface area contributed by atoms with Gasteiger partial charge in [-0.3, -0.25) is 4.79 Å². The summed E-state index contributed by atoms with van der Waals surface area (Å²) < 4.78 is 1.76. The fourth-order valence-corrected chi connectivity index (χ4v) is 2.72. The molecule has 5 nitrogen and oxygen atoms in total. The Bertz CT molecular complexity index is 508. The van der Waals surface area contributed by atoms with E-state index in [0.717, 1.165) is 12.9 Å². The first-order valence-corrected chi connectivity index (χ1v) is 7.15. The Hall–Kier alpha value is -1.09. The monoisotopic (exact) mass is 438 g/mol. The molecule has 2 N–H and O–H groups in total. The van der Waals surface area contributed by atoms with Gasteiger partial charge in [-0.2, -0.15) is 0 Å². The summed E-state index contributed by atoms with van der Waals surface area (Å²) in [5.41, 5.74) is 0.588. The van der Waals surface area contributed by atoms with Gasteiger partial charge in [-0.1, -0.05) is 6.08 Å². The van der Waals surface area contributed by atoms with Crippen molar-refractivity contribution in [3.8, 4) is 0 Å². The molecule has 0 aromatic heterocycles. The lowest BCUT2D eigenvalue weighted by Crippen LogP contribution is -2.38. The zero-order valence-corrected chi connectivity index (χ0v) is 13.6. The molecule has 0 bridgehead atoms. The summed E-state index contributed by atoms with van der Waals surface area (Å²) in [6.07, 6.45) is 1.48. The maximum atomic E-state index is 12.0. The largest absolute Gasteiger partial charge is 0.480 e. The second-order valence-electron chi connectivity index (χ2n) is 3.62. The van der Waals surface area contributed by atoms with Gasteiger partial charge in [0, 0.05) is 14.6 Å². The average Bonchev–Trinajstić information content (AvgIpc) is 2.31. The maximum Gasteiger partial charge on any atom is 0.323 e. The summed E-state index contributed by atoms with van der Waals surface area (Å²) in [5, 5.41) is 11.4. The van der Waals surface area contributed by atoms with Crippen molar-refractivity contribution in [2.24, 2.45) is 0 Å². The van der Waals surface area contributed by atoms with Crippen LogP contribution in [-0.2, 0) is 4.79 Å². The third-order valence-electron chi connectivity index (χ3n) is 2.14. The number of carboxylic acid groups (broad SMARTS) is 1. The van der Waals surface area contributed by atoms with Crippen molar-refractivity contribution < 1.29 is 14.7 Å². The highest BCUT2D eigenvalue weighted by molar-refractivity contribution is 14.1. The standard InChI is InChI=1S/C12H12BrIN2O3/c1-2-5-16(7-11(17)18)12(19)15-10-4-3-8(14)6-9(10)13/h2-4,6H,1,5,7H2,(H,15,19)(H,17,18). The van der Waals surface area contributed by atoms with Gasteiger partial charge >= 0.3 is 12.0 Å². The van der Waals surface area contributed by atoms with Gasteiger partial charge in [0.1, 0.15) is 6.54 Å².